The largest absolute Gasteiger partial charge is 0.391 e. The number of alkyl halides is 3. The van der Waals surface area contributed by atoms with Crippen molar-refractivity contribution in [3.8, 4) is 0 Å². The highest BCUT2D eigenvalue weighted by atomic mass is 19.4. The lowest BCUT2D eigenvalue weighted by atomic mass is 9.80. The molecule has 0 aliphatic heterocycles. The summed E-state index contributed by atoms with van der Waals surface area (Å²) in [5.41, 5.74) is 2.04. The minimum Gasteiger partial charge on any atom is -0.334 e. The summed E-state index contributed by atoms with van der Waals surface area (Å²) in [6.07, 6.45) is 3.73. The van der Waals surface area contributed by atoms with Crippen LogP contribution in [-0.4, -0.2) is 35.5 Å². The van der Waals surface area contributed by atoms with E-state index in [-0.39, 0.29) is 18.8 Å². The number of fused-ring (bicyclic) bond motifs is 1. The van der Waals surface area contributed by atoms with Crippen LogP contribution >= 0.6 is 0 Å². The van der Waals surface area contributed by atoms with Gasteiger partial charge in [0.15, 0.2) is 11.5 Å². The molecule has 0 atom stereocenters. The first kappa shape index (κ1) is 16.8. The summed E-state index contributed by atoms with van der Waals surface area (Å²) in [7, 11) is 1.81. The molecule has 1 N–H and O–H groups in total. The van der Waals surface area contributed by atoms with Gasteiger partial charge in [0, 0.05) is 19.2 Å². The zero-order valence-electron chi connectivity index (χ0n) is 14.1. The molecule has 1 aliphatic carbocycles. The fraction of sp³-hybridized carbons (Fsp3) is 0.500. The van der Waals surface area contributed by atoms with E-state index in [2.05, 4.69) is 25.5 Å². The Morgan fingerprint density at radius 2 is 1.88 bits per heavy atom. The first-order valence-corrected chi connectivity index (χ1v) is 8.43. The first-order valence-electron chi connectivity index (χ1n) is 8.43. The number of aryl methyl sites for hydroxylation is 1. The maximum absolute atomic E-state index is 12.9. The molecule has 10 heteroatoms. The molecule has 1 saturated carbocycles. The van der Waals surface area contributed by atoms with Crippen LogP contribution < -0.4 is 5.32 Å². The lowest BCUT2D eigenvalue weighted by Crippen LogP contribution is -2.27. The average Bonchev–Trinajstić information content (AvgIpc) is 3.23. The zero-order chi connectivity index (χ0) is 18.3. The lowest BCUT2D eigenvalue weighted by Gasteiger charge is -2.29. The van der Waals surface area contributed by atoms with Gasteiger partial charge in [-0.25, -0.2) is 14.5 Å². The Bertz CT molecular complexity index is 906. The molecule has 0 spiro atoms. The smallest absolute Gasteiger partial charge is 0.334 e. The van der Waals surface area contributed by atoms with Crippen LogP contribution in [0.25, 0.3) is 5.65 Å². The van der Waals surface area contributed by atoms with E-state index in [1.54, 1.807) is 34.8 Å². The lowest BCUT2D eigenvalue weighted by molar-refractivity contribution is -0.182. The molecule has 0 unspecified atom stereocenters. The molecular formula is C16H18F3N7. The van der Waals surface area contributed by atoms with Gasteiger partial charge in [0.1, 0.15) is 6.33 Å². The fourth-order valence-corrected chi connectivity index (χ4v) is 3.47. The van der Waals surface area contributed by atoms with Crippen molar-refractivity contribution in [2.24, 2.45) is 13.0 Å². The average molecular weight is 365 g/mol. The zero-order valence-corrected chi connectivity index (χ0v) is 14.1. The monoisotopic (exact) mass is 365 g/mol. The second-order valence-corrected chi connectivity index (χ2v) is 6.66. The van der Waals surface area contributed by atoms with Crippen LogP contribution in [-0.2, 0) is 7.05 Å². The second-order valence-electron chi connectivity index (χ2n) is 6.66. The van der Waals surface area contributed by atoms with Crippen LogP contribution in [0.15, 0.2) is 24.9 Å². The van der Waals surface area contributed by atoms with E-state index in [4.69, 9.17) is 0 Å². The third kappa shape index (κ3) is 3.23. The third-order valence-corrected chi connectivity index (χ3v) is 4.86. The summed E-state index contributed by atoms with van der Waals surface area (Å²) in [5, 5.41) is 11.4. The van der Waals surface area contributed by atoms with Crippen LogP contribution in [0.3, 0.4) is 0 Å². The van der Waals surface area contributed by atoms with Gasteiger partial charge >= 0.3 is 6.18 Å². The minimum atomic E-state index is -4.11. The van der Waals surface area contributed by atoms with Crippen molar-refractivity contribution >= 4 is 17.2 Å². The van der Waals surface area contributed by atoms with Gasteiger partial charge in [-0.15, -0.1) is 0 Å². The number of rotatable bonds is 3. The normalized spacial score (nSPS) is 21.2. The standard InChI is InChI=1S/C16H18F3N7/c1-25-7-12(6-21-25)23-14-15-20-9-22-26(15)8-13(24-14)10-2-4-11(5-3-10)16(17,18)19/h6-11H,2-5H2,1H3,(H,23,24)/t10-,11-. The minimum absolute atomic E-state index is 0.0170. The summed E-state index contributed by atoms with van der Waals surface area (Å²) in [6.45, 7) is 0. The highest BCUT2D eigenvalue weighted by Crippen LogP contribution is 2.42. The number of nitrogens with one attached hydrogen (secondary N) is 1. The van der Waals surface area contributed by atoms with E-state index in [1.165, 1.54) is 6.33 Å². The van der Waals surface area contributed by atoms with E-state index in [9.17, 15) is 13.2 Å². The Kier molecular flexibility index (Phi) is 4.04. The van der Waals surface area contributed by atoms with Crippen molar-refractivity contribution in [3.05, 3.63) is 30.6 Å². The van der Waals surface area contributed by atoms with Crippen molar-refractivity contribution in [3.63, 3.8) is 0 Å². The second kappa shape index (κ2) is 6.26. The van der Waals surface area contributed by atoms with E-state index in [0.29, 0.717) is 24.3 Å². The van der Waals surface area contributed by atoms with Crippen molar-refractivity contribution in [2.45, 2.75) is 37.8 Å². The molecule has 0 radical (unpaired) electrons. The predicted molar refractivity (Wildman–Crippen MR) is 88.0 cm³/mol. The molecule has 0 aromatic carbocycles. The van der Waals surface area contributed by atoms with Crippen molar-refractivity contribution in [1.82, 2.24) is 29.4 Å². The van der Waals surface area contributed by atoms with Gasteiger partial charge < -0.3 is 5.32 Å². The van der Waals surface area contributed by atoms with Gasteiger partial charge in [-0.2, -0.15) is 23.4 Å². The number of nitrogens with zero attached hydrogens (tertiary/aromatic N) is 6. The van der Waals surface area contributed by atoms with Gasteiger partial charge in [0.25, 0.3) is 0 Å². The maximum atomic E-state index is 12.9. The Morgan fingerprint density at radius 1 is 1.12 bits per heavy atom. The van der Waals surface area contributed by atoms with Crippen molar-refractivity contribution in [1.29, 1.82) is 0 Å². The van der Waals surface area contributed by atoms with Gasteiger partial charge in [-0.3, -0.25) is 4.68 Å². The van der Waals surface area contributed by atoms with Crippen molar-refractivity contribution in [2.75, 3.05) is 5.32 Å². The maximum Gasteiger partial charge on any atom is 0.391 e. The van der Waals surface area contributed by atoms with Gasteiger partial charge in [-0.1, -0.05) is 0 Å². The summed E-state index contributed by atoms with van der Waals surface area (Å²) in [5.74, 6) is -0.704. The first-order chi connectivity index (χ1) is 12.4. The van der Waals surface area contributed by atoms with Gasteiger partial charge in [0.2, 0.25) is 0 Å². The number of anilines is 2. The highest BCUT2D eigenvalue weighted by Gasteiger charge is 2.41. The topological polar surface area (TPSA) is 72.9 Å². The van der Waals surface area contributed by atoms with Gasteiger partial charge in [0.05, 0.1) is 29.7 Å². The summed E-state index contributed by atoms with van der Waals surface area (Å²) in [4.78, 5) is 8.84. The van der Waals surface area contributed by atoms with E-state index in [1.807, 2.05) is 0 Å². The molecule has 3 aromatic rings. The molecule has 7 nitrogen and oxygen atoms in total. The number of hydrogen-bond acceptors (Lipinski definition) is 5. The fourth-order valence-electron chi connectivity index (χ4n) is 3.47. The molecule has 138 valence electrons. The van der Waals surface area contributed by atoms with Crippen LogP contribution in [0.4, 0.5) is 24.7 Å². The van der Waals surface area contributed by atoms with E-state index < -0.39 is 12.1 Å². The molecule has 3 aromatic heterocycles. The van der Waals surface area contributed by atoms with E-state index >= 15 is 0 Å². The molecule has 0 bridgehead atoms. The highest BCUT2D eigenvalue weighted by molar-refractivity contribution is 5.68. The molecule has 0 amide bonds. The molecule has 26 heavy (non-hydrogen) atoms. The van der Waals surface area contributed by atoms with Crippen molar-refractivity contribution < 1.29 is 13.2 Å². The Balaban J connectivity index is 1.60. The quantitative estimate of drug-likeness (QED) is 0.770. The third-order valence-electron chi connectivity index (χ3n) is 4.86. The number of aromatic nitrogens is 6. The Labute approximate surface area is 147 Å². The molecule has 4 rings (SSSR count). The predicted octanol–water partition coefficient (Wildman–Crippen LogP) is 3.44. The van der Waals surface area contributed by atoms with E-state index in [0.717, 1.165) is 11.4 Å². The SMILES string of the molecule is Cn1cc(Nc2nc([C@H]3CC[C@H](C(F)(F)F)CC3)cn3ncnc23)cn1. The Hall–Kier alpha value is -2.65. The number of halogens is 3. The number of hydrogen-bond donors (Lipinski definition) is 1. The molecule has 0 saturated heterocycles. The van der Waals surface area contributed by atoms with Crippen LogP contribution in [0.5, 0.6) is 0 Å². The van der Waals surface area contributed by atoms with Gasteiger partial charge in [-0.05, 0) is 25.7 Å². The molecular weight excluding hydrogens is 347 g/mol. The van der Waals surface area contributed by atoms with Crippen LogP contribution in [0.2, 0.25) is 0 Å². The van der Waals surface area contributed by atoms with Crippen LogP contribution in [0.1, 0.15) is 37.3 Å². The Morgan fingerprint density at radius 3 is 2.54 bits per heavy atom. The molecule has 1 aliphatic rings. The summed E-state index contributed by atoms with van der Waals surface area (Å²) >= 11 is 0. The molecule has 3 heterocycles. The molecule has 1 fully saturated rings. The summed E-state index contributed by atoms with van der Waals surface area (Å²) in [6, 6.07) is 0. The summed E-state index contributed by atoms with van der Waals surface area (Å²) < 4.78 is 41.9. The van der Waals surface area contributed by atoms with Crippen LogP contribution in [0, 0.1) is 5.92 Å².